The van der Waals surface area contributed by atoms with Crippen LogP contribution in [0.4, 0.5) is 0 Å². The van der Waals surface area contributed by atoms with Crippen LogP contribution in [0.15, 0.2) is 48.5 Å². The largest absolute Gasteiger partial charge is 0.497 e. The second kappa shape index (κ2) is 8.79. The number of hydrogen-bond donors (Lipinski definition) is 1. The average Bonchev–Trinajstić information content (AvgIpc) is 3.11. The van der Waals surface area contributed by atoms with Gasteiger partial charge in [-0.3, -0.25) is 4.79 Å². The quantitative estimate of drug-likeness (QED) is 0.651. The lowest BCUT2D eigenvalue weighted by molar-refractivity contribution is -0.120. The average molecular weight is 367 g/mol. The Hall–Kier alpha value is -3.42. The number of carbonyl (C=O) groups excluding carboxylic acids is 1. The molecule has 0 radical (unpaired) electrons. The van der Waals surface area contributed by atoms with E-state index in [2.05, 4.69) is 20.8 Å². The third-order valence-corrected chi connectivity index (χ3v) is 4.01. The molecule has 0 saturated heterocycles. The van der Waals surface area contributed by atoms with Crippen molar-refractivity contribution in [3.63, 3.8) is 0 Å². The van der Waals surface area contributed by atoms with E-state index in [0.717, 1.165) is 16.9 Å². The molecule has 0 unspecified atom stereocenters. The first-order valence-corrected chi connectivity index (χ1v) is 8.46. The molecular weight excluding hydrogens is 346 g/mol. The Morgan fingerprint density at radius 3 is 2.33 bits per heavy atom. The zero-order valence-corrected chi connectivity index (χ0v) is 15.3. The molecule has 0 aliphatic carbocycles. The molecule has 140 valence electrons. The van der Waals surface area contributed by atoms with Crippen molar-refractivity contribution in [2.45, 2.75) is 19.6 Å². The van der Waals surface area contributed by atoms with Gasteiger partial charge in [-0.15, -0.1) is 5.10 Å². The number of methoxy groups -OCH3 is 1. The molecule has 0 bridgehead atoms. The summed E-state index contributed by atoms with van der Waals surface area (Å²) in [7, 11) is 3.38. The number of rotatable bonds is 8. The zero-order chi connectivity index (χ0) is 19.1. The zero-order valence-electron chi connectivity index (χ0n) is 15.3. The van der Waals surface area contributed by atoms with Crippen LogP contribution in [-0.2, 0) is 31.4 Å². The van der Waals surface area contributed by atoms with Crippen LogP contribution in [0.3, 0.4) is 0 Å². The van der Waals surface area contributed by atoms with Crippen LogP contribution in [0, 0.1) is 0 Å². The van der Waals surface area contributed by atoms with Crippen molar-refractivity contribution in [2.24, 2.45) is 7.05 Å². The second-order valence-corrected chi connectivity index (χ2v) is 5.95. The molecule has 1 amide bonds. The highest BCUT2D eigenvalue weighted by Gasteiger charge is 2.06. The second-order valence-electron chi connectivity index (χ2n) is 5.95. The van der Waals surface area contributed by atoms with Crippen LogP contribution >= 0.6 is 0 Å². The minimum absolute atomic E-state index is 0.0374. The fraction of sp³-hybridized carbons (Fsp3) is 0.263. The predicted octanol–water partition coefficient (Wildman–Crippen LogP) is 1.66. The third-order valence-electron chi connectivity index (χ3n) is 4.01. The minimum Gasteiger partial charge on any atom is -0.497 e. The van der Waals surface area contributed by atoms with Crippen molar-refractivity contribution < 1.29 is 14.3 Å². The van der Waals surface area contributed by atoms with Crippen molar-refractivity contribution >= 4 is 5.91 Å². The van der Waals surface area contributed by atoms with E-state index in [4.69, 9.17) is 9.47 Å². The van der Waals surface area contributed by atoms with Crippen molar-refractivity contribution in [3.8, 4) is 11.5 Å². The van der Waals surface area contributed by atoms with Gasteiger partial charge in [-0.2, -0.15) is 0 Å². The lowest BCUT2D eigenvalue weighted by Gasteiger charge is -2.08. The highest BCUT2D eigenvalue weighted by Crippen LogP contribution is 2.14. The fourth-order valence-corrected chi connectivity index (χ4v) is 2.41. The maximum atomic E-state index is 12.1. The van der Waals surface area contributed by atoms with Gasteiger partial charge in [0, 0.05) is 13.6 Å². The van der Waals surface area contributed by atoms with Gasteiger partial charge in [0.25, 0.3) is 0 Å². The lowest BCUT2D eigenvalue weighted by Crippen LogP contribution is -2.24. The first kappa shape index (κ1) is 18.4. The Morgan fingerprint density at radius 1 is 1.04 bits per heavy atom. The van der Waals surface area contributed by atoms with Gasteiger partial charge in [0.05, 0.1) is 13.5 Å². The number of tetrazole rings is 1. The van der Waals surface area contributed by atoms with E-state index in [1.54, 1.807) is 18.8 Å². The van der Waals surface area contributed by atoms with Gasteiger partial charge in [-0.05, 0) is 45.8 Å². The minimum atomic E-state index is -0.0374. The van der Waals surface area contributed by atoms with Gasteiger partial charge in [-0.1, -0.05) is 24.3 Å². The van der Waals surface area contributed by atoms with Crippen LogP contribution in [0.2, 0.25) is 0 Å². The van der Waals surface area contributed by atoms with Gasteiger partial charge in [0.1, 0.15) is 18.1 Å². The van der Waals surface area contributed by atoms with Crippen LogP contribution in [0.5, 0.6) is 11.5 Å². The van der Waals surface area contributed by atoms with E-state index >= 15 is 0 Å². The van der Waals surface area contributed by atoms with E-state index in [1.807, 2.05) is 48.5 Å². The van der Waals surface area contributed by atoms with Gasteiger partial charge in [0.2, 0.25) is 5.91 Å². The summed E-state index contributed by atoms with van der Waals surface area (Å²) in [5.41, 5.74) is 1.93. The molecule has 0 atom stereocenters. The van der Waals surface area contributed by atoms with E-state index in [0.29, 0.717) is 24.5 Å². The Kier molecular flexibility index (Phi) is 5.98. The lowest BCUT2D eigenvalue weighted by atomic mass is 10.1. The van der Waals surface area contributed by atoms with E-state index < -0.39 is 0 Å². The molecule has 0 spiro atoms. The van der Waals surface area contributed by atoms with Crippen LogP contribution in [0.1, 0.15) is 17.0 Å². The molecule has 0 aliphatic rings. The highest BCUT2D eigenvalue weighted by atomic mass is 16.5. The third kappa shape index (κ3) is 5.27. The number of nitrogens with zero attached hydrogens (tertiary/aromatic N) is 4. The summed E-state index contributed by atoms with van der Waals surface area (Å²) in [5, 5.41) is 14.1. The SMILES string of the molecule is COc1ccc(CNC(=O)Cc2ccc(OCc3nnnn3C)cc2)cc1. The number of nitrogens with one attached hydrogen (secondary N) is 1. The number of benzene rings is 2. The van der Waals surface area contributed by atoms with Gasteiger partial charge in [0.15, 0.2) is 5.82 Å². The maximum Gasteiger partial charge on any atom is 0.224 e. The number of hydrogen-bond acceptors (Lipinski definition) is 6. The van der Waals surface area contributed by atoms with Crippen molar-refractivity contribution in [1.29, 1.82) is 0 Å². The van der Waals surface area contributed by atoms with E-state index in [-0.39, 0.29) is 12.5 Å². The van der Waals surface area contributed by atoms with Crippen LogP contribution < -0.4 is 14.8 Å². The van der Waals surface area contributed by atoms with Crippen LogP contribution in [0.25, 0.3) is 0 Å². The Balaban J connectivity index is 1.45. The number of aromatic nitrogens is 4. The maximum absolute atomic E-state index is 12.1. The number of amides is 1. The molecular formula is C19H21N5O3. The van der Waals surface area contributed by atoms with Gasteiger partial charge < -0.3 is 14.8 Å². The molecule has 27 heavy (non-hydrogen) atoms. The van der Waals surface area contributed by atoms with E-state index in [1.165, 1.54) is 0 Å². The van der Waals surface area contributed by atoms with Gasteiger partial charge in [-0.25, -0.2) is 4.68 Å². The summed E-state index contributed by atoms with van der Waals surface area (Å²) in [6.07, 6.45) is 0.309. The molecule has 1 N–H and O–H groups in total. The molecule has 0 aliphatic heterocycles. The summed E-state index contributed by atoms with van der Waals surface area (Å²) in [6.45, 7) is 0.765. The molecule has 1 aromatic heterocycles. The smallest absolute Gasteiger partial charge is 0.224 e. The molecule has 8 nitrogen and oxygen atoms in total. The summed E-state index contributed by atoms with van der Waals surface area (Å²) in [5.74, 6) is 2.09. The normalized spacial score (nSPS) is 10.4. The molecule has 3 aromatic rings. The molecule has 3 rings (SSSR count). The predicted molar refractivity (Wildman–Crippen MR) is 98.1 cm³/mol. The summed E-state index contributed by atoms with van der Waals surface area (Å²) < 4.78 is 12.3. The summed E-state index contributed by atoms with van der Waals surface area (Å²) in [4.78, 5) is 12.1. The van der Waals surface area contributed by atoms with Crippen LogP contribution in [-0.4, -0.2) is 33.2 Å². The van der Waals surface area contributed by atoms with E-state index in [9.17, 15) is 4.79 Å². The number of carbonyl (C=O) groups is 1. The van der Waals surface area contributed by atoms with Crippen molar-refractivity contribution in [3.05, 3.63) is 65.5 Å². The Morgan fingerprint density at radius 2 is 1.70 bits per heavy atom. The summed E-state index contributed by atoms with van der Waals surface area (Å²) >= 11 is 0. The number of aryl methyl sites for hydroxylation is 1. The molecule has 8 heteroatoms. The fourth-order valence-electron chi connectivity index (χ4n) is 2.41. The number of ether oxygens (including phenoxy) is 2. The standard InChI is InChI=1S/C19H21N5O3/c1-24-18(21-22-23-24)13-27-17-9-3-14(4-10-17)11-19(25)20-12-15-5-7-16(26-2)8-6-15/h3-10H,11-13H2,1-2H3,(H,20,25). The van der Waals surface area contributed by atoms with Crippen molar-refractivity contribution in [1.82, 2.24) is 25.5 Å². The topological polar surface area (TPSA) is 91.2 Å². The molecule has 0 saturated carbocycles. The first-order valence-electron chi connectivity index (χ1n) is 8.46. The molecule has 1 heterocycles. The highest BCUT2D eigenvalue weighted by molar-refractivity contribution is 5.78. The van der Waals surface area contributed by atoms with Crippen molar-refractivity contribution in [2.75, 3.05) is 7.11 Å². The summed E-state index contributed by atoms with van der Waals surface area (Å²) in [6, 6.07) is 15.0. The molecule has 2 aromatic carbocycles. The Labute approximate surface area is 157 Å². The Bertz CT molecular complexity index is 875. The molecule has 0 fully saturated rings. The monoisotopic (exact) mass is 367 g/mol. The van der Waals surface area contributed by atoms with Gasteiger partial charge >= 0.3 is 0 Å². The first-order chi connectivity index (χ1) is 13.1.